The average molecular weight is 671 g/mol. The summed E-state index contributed by atoms with van der Waals surface area (Å²) in [6, 6.07) is 0.418. The summed E-state index contributed by atoms with van der Waals surface area (Å²) in [6.07, 6.45) is 0. The molecule has 2 nitrogen and oxygen atoms in total. The standard InChI is InChI=1S/C49H32N2/c1-3-16-33(17-4-1)50(34-18-5-2-6-19-34)35-30-31-40-39-23-10-14-28-45(39)51(47(40)32-35)46-29-15-24-41-38-22-9-13-27-44(38)49(48(41)46)42-25-11-7-20-36(42)37-21-8-12-26-43(37)49/h1-32H/i1D,2D,3D,4D,5D,6D,7D,8D,9D,11D,12D,13D,16D,17D,18D,19D,20D,21D,22D,25D,26D,27D. The lowest BCUT2D eigenvalue weighted by Crippen LogP contribution is -2.27. The van der Waals surface area contributed by atoms with Crippen LogP contribution in [-0.2, 0) is 5.41 Å². The number of rotatable bonds is 4. The fourth-order valence-corrected chi connectivity index (χ4v) is 7.88. The molecule has 0 atom stereocenters. The highest BCUT2D eigenvalue weighted by molar-refractivity contribution is 6.11. The minimum absolute atomic E-state index is 0.0493. The van der Waals surface area contributed by atoms with Crippen LogP contribution in [-0.4, -0.2) is 4.57 Å². The van der Waals surface area contributed by atoms with Gasteiger partial charge in [0.1, 0.15) is 0 Å². The van der Waals surface area contributed by atoms with Gasteiger partial charge in [0, 0.05) is 33.4 Å². The smallest absolute Gasteiger partial charge is 0.0746 e. The van der Waals surface area contributed by atoms with Crippen LogP contribution in [0.25, 0.3) is 49.7 Å². The number of anilines is 3. The zero-order valence-electron chi connectivity index (χ0n) is 48.2. The van der Waals surface area contributed by atoms with Gasteiger partial charge >= 0.3 is 0 Å². The monoisotopic (exact) mass is 670 g/mol. The molecule has 0 saturated carbocycles. The maximum Gasteiger partial charge on any atom is 0.0746 e. The van der Waals surface area contributed by atoms with Crippen LogP contribution >= 0.6 is 0 Å². The summed E-state index contributed by atoms with van der Waals surface area (Å²) >= 11 is 0. The first-order valence-electron chi connectivity index (χ1n) is 26.9. The van der Waals surface area contributed by atoms with Crippen LogP contribution in [0.5, 0.6) is 0 Å². The van der Waals surface area contributed by atoms with Crippen molar-refractivity contribution in [1.82, 2.24) is 4.57 Å². The van der Waals surface area contributed by atoms with Crippen molar-refractivity contribution in [2.75, 3.05) is 4.90 Å². The van der Waals surface area contributed by atoms with E-state index < -0.39 is 150 Å². The summed E-state index contributed by atoms with van der Waals surface area (Å²) in [5.74, 6) is 0. The van der Waals surface area contributed by atoms with E-state index in [1.807, 2.05) is 0 Å². The van der Waals surface area contributed by atoms with Crippen LogP contribution in [0, 0.1) is 0 Å². The van der Waals surface area contributed by atoms with Crippen molar-refractivity contribution in [3.8, 4) is 27.9 Å². The molecule has 0 aliphatic heterocycles. The van der Waals surface area contributed by atoms with Gasteiger partial charge in [-0.3, -0.25) is 0 Å². The lowest BCUT2D eigenvalue weighted by molar-refractivity contribution is 0.786. The quantitative estimate of drug-likeness (QED) is 0.181. The van der Waals surface area contributed by atoms with E-state index in [0.717, 1.165) is 4.90 Å². The largest absolute Gasteiger partial charge is 0.310 e. The van der Waals surface area contributed by atoms with E-state index in [1.165, 1.54) is 12.1 Å². The molecule has 11 rings (SSSR count). The van der Waals surface area contributed by atoms with Gasteiger partial charge in [-0.25, -0.2) is 0 Å². The van der Waals surface area contributed by atoms with Crippen molar-refractivity contribution in [2.24, 2.45) is 0 Å². The minimum Gasteiger partial charge on any atom is -0.310 e. The summed E-state index contributed by atoms with van der Waals surface area (Å²) in [6.45, 7) is 0. The molecule has 8 aromatic carbocycles. The third kappa shape index (κ3) is 3.76. The minimum atomic E-state index is -2.34. The second-order valence-corrected chi connectivity index (χ2v) is 12.0. The summed E-state index contributed by atoms with van der Waals surface area (Å²) < 4.78 is 200. The van der Waals surface area contributed by atoms with E-state index in [9.17, 15) is 8.22 Å². The molecule has 0 fully saturated rings. The molecule has 9 aromatic rings. The SMILES string of the molecule is [2H]c1c([2H])c([2H])c(N(c2ccc3c4ccccc4n(-c4cccc5c4C4(c6c([2H])c([2H])c([2H])c([2H])c6-5)c5c([2H])c([2H])c([2H])c([2H])c5-c5c([2H])c([2H])c([2H])c([2H])c54)c3c2)c2c([2H])c([2H])c([2H])c([2H])c2[2H])c([2H])c1[2H]. The van der Waals surface area contributed by atoms with E-state index in [-0.39, 0.29) is 61.4 Å². The number of hydrogen-bond donors (Lipinski definition) is 0. The molecule has 1 spiro atoms. The second-order valence-electron chi connectivity index (χ2n) is 12.0. The van der Waals surface area contributed by atoms with E-state index in [2.05, 4.69) is 0 Å². The van der Waals surface area contributed by atoms with Crippen molar-refractivity contribution in [1.29, 1.82) is 0 Å². The lowest BCUT2D eigenvalue weighted by atomic mass is 9.70. The molecule has 2 aliphatic rings. The molecule has 2 heteroatoms. The molecule has 0 bridgehead atoms. The Kier molecular flexibility index (Phi) is 2.99. The zero-order chi connectivity index (χ0) is 52.7. The van der Waals surface area contributed by atoms with Crippen LogP contribution in [0.2, 0.25) is 0 Å². The predicted octanol–water partition coefficient (Wildman–Crippen LogP) is 12.6. The molecule has 2 aliphatic carbocycles. The summed E-state index contributed by atoms with van der Waals surface area (Å²) in [4.78, 5) is 0.995. The van der Waals surface area contributed by atoms with Gasteiger partial charge in [-0.15, -0.1) is 0 Å². The maximum atomic E-state index is 9.68. The zero-order valence-corrected chi connectivity index (χ0v) is 26.2. The number of hydrogen-bond acceptors (Lipinski definition) is 1. The highest BCUT2D eigenvalue weighted by Crippen LogP contribution is 2.64. The molecule has 0 unspecified atom stereocenters. The van der Waals surface area contributed by atoms with Crippen LogP contribution in [0.4, 0.5) is 17.1 Å². The van der Waals surface area contributed by atoms with Crippen LogP contribution in [0.1, 0.15) is 52.4 Å². The van der Waals surface area contributed by atoms with E-state index in [4.69, 9.17) is 21.9 Å². The Morgan fingerprint density at radius 2 is 0.961 bits per heavy atom. The van der Waals surface area contributed by atoms with Gasteiger partial charge in [0.05, 0.1) is 52.3 Å². The third-order valence-corrected chi connectivity index (χ3v) is 9.70. The molecule has 238 valence electrons. The topological polar surface area (TPSA) is 8.17 Å². The van der Waals surface area contributed by atoms with E-state index in [0.29, 0.717) is 16.3 Å². The van der Waals surface area contributed by atoms with Gasteiger partial charge in [0.2, 0.25) is 0 Å². The summed E-state index contributed by atoms with van der Waals surface area (Å²) in [7, 11) is 0. The Morgan fingerprint density at radius 1 is 0.431 bits per heavy atom. The van der Waals surface area contributed by atoms with Gasteiger partial charge in [-0.2, -0.15) is 0 Å². The Hall–Kier alpha value is -6.64. The maximum absolute atomic E-state index is 9.68. The molecule has 1 heterocycles. The average Bonchev–Trinajstić information content (AvgIpc) is 4.00. The molecule has 0 N–H and O–H groups in total. The molecule has 0 amide bonds. The van der Waals surface area contributed by atoms with Crippen molar-refractivity contribution in [3.05, 3.63) is 216 Å². The van der Waals surface area contributed by atoms with Crippen molar-refractivity contribution < 1.29 is 30.2 Å². The predicted molar refractivity (Wildman–Crippen MR) is 212 cm³/mol. The first-order chi connectivity index (χ1) is 34.5. The van der Waals surface area contributed by atoms with Crippen molar-refractivity contribution in [3.63, 3.8) is 0 Å². The third-order valence-electron chi connectivity index (χ3n) is 9.70. The molecule has 0 saturated heterocycles. The second kappa shape index (κ2) is 10.7. The Balaban J connectivity index is 1.36. The Bertz CT molecular complexity index is 3890. The Morgan fingerprint density at radius 3 is 1.59 bits per heavy atom. The molecular formula is C49H32N2. The van der Waals surface area contributed by atoms with Crippen LogP contribution < -0.4 is 4.90 Å². The normalized spacial score (nSPS) is 19.3. The fourth-order valence-electron chi connectivity index (χ4n) is 7.88. The molecule has 51 heavy (non-hydrogen) atoms. The van der Waals surface area contributed by atoms with Gasteiger partial charge in [0.15, 0.2) is 0 Å². The van der Waals surface area contributed by atoms with E-state index in [1.54, 1.807) is 53.1 Å². The van der Waals surface area contributed by atoms with Gasteiger partial charge in [-0.05, 0) is 87.4 Å². The van der Waals surface area contributed by atoms with Gasteiger partial charge < -0.3 is 9.47 Å². The highest BCUT2D eigenvalue weighted by atomic mass is 15.1. The van der Waals surface area contributed by atoms with E-state index >= 15 is 0 Å². The Labute approximate surface area is 328 Å². The number of benzene rings is 8. The number of aromatic nitrogens is 1. The van der Waals surface area contributed by atoms with Crippen LogP contribution in [0.3, 0.4) is 0 Å². The molecule has 1 aromatic heterocycles. The molecular weight excluding hydrogens is 617 g/mol. The first-order valence-corrected chi connectivity index (χ1v) is 15.9. The van der Waals surface area contributed by atoms with Crippen molar-refractivity contribution >= 4 is 38.9 Å². The summed E-state index contributed by atoms with van der Waals surface area (Å²) in [5, 5.41) is 1.06. The first kappa shape index (κ1) is 14.3. The van der Waals surface area contributed by atoms with Crippen molar-refractivity contribution in [2.45, 2.75) is 5.41 Å². The van der Waals surface area contributed by atoms with Crippen LogP contribution in [0.15, 0.2) is 194 Å². The highest BCUT2D eigenvalue weighted by Gasteiger charge is 2.52. The molecule has 0 radical (unpaired) electrons. The van der Waals surface area contributed by atoms with Gasteiger partial charge in [-0.1, -0.05) is 145 Å². The fraction of sp³-hybridized carbons (Fsp3) is 0.0204. The number of fused-ring (bicyclic) bond motifs is 13. The summed E-state index contributed by atoms with van der Waals surface area (Å²) in [5.41, 5.74) is -4.03. The lowest BCUT2D eigenvalue weighted by Gasteiger charge is -2.32. The number of nitrogens with zero attached hydrogens (tertiary/aromatic N) is 2. The number of para-hydroxylation sites is 3. The van der Waals surface area contributed by atoms with Gasteiger partial charge in [0.25, 0.3) is 0 Å².